The maximum absolute atomic E-state index is 11.7. The lowest BCUT2D eigenvalue weighted by atomic mass is 9.76. The third kappa shape index (κ3) is 6.40. The lowest BCUT2D eigenvalue weighted by molar-refractivity contribution is -0.116. The van der Waals surface area contributed by atoms with Crippen LogP contribution in [0.4, 0.5) is 4.79 Å². The third-order valence-electron chi connectivity index (χ3n) is 3.80. The number of hydrogen-bond acceptors (Lipinski definition) is 3. The molecule has 1 amide bonds. The van der Waals surface area contributed by atoms with Crippen LogP contribution < -0.4 is 5.32 Å². The molecule has 0 aromatic carbocycles. The van der Waals surface area contributed by atoms with Gasteiger partial charge in [0, 0.05) is 12.0 Å². The normalized spacial score (nSPS) is 20.0. The van der Waals surface area contributed by atoms with Gasteiger partial charge in [0.2, 0.25) is 0 Å². The zero-order chi connectivity index (χ0) is 15.2. The molecule has 20 heavy (non-hydrogen) atoms. The minimum atomic E-state index is -0.509. The molecular weight excluding hydrogens is 254 g/mol. The molecule has 0 aromatic heterocycles. The number of hydrogen-bond donors (Lipinski definition) is 1. The van der Waals surface area contributed by atoms with Crippen LogP contribution >= 0.6 is 0 Å². The molecule has 0 heterocycles. The molecule has 0 aromatic rings. The van der Waals surface area contributed by atoms with Crippen molar-refractivity contribution >= 4 is 12.4 Å². The smallest absolute Gasteiger partial charge is 0.407 e. The first kappa shape index (κ1) is 17.0. The summed E-state index contributed by atoms with van der Waals surface area (Å²) < 4.78 is 5.20. The Bertz CT molecular complexity index is 329. The van der Waals surface area contributed by atoms with E-state index in [9.17, 15) is 9.59 Å². The largest absolute Gasteiger partial charge is 0.444 e. The second-order valence-corrected chi connectivity index (χ2v) is 7.34. The van der Waals surface area contributed by atoms with Crippen molar-refractivity contribution in [1.82, 2.24) is 5.32 Å². The quantitative estimate of drug-likeness (QED) is 0.783. The molecule has 1 saturated carbocycles. The monoisotopic (exact) mass is 283 g/mol. The summed E-state index contributed by atoms with van der Waals surface area (Å²) in [5.41, 5.74) is -0.996. The Kier molecular flexibility index (Phi) is 6.03. The molecule has 0 radical (unpaired) electrons. The Morgan fingerprint density at radius 2 is 1.80 bits per heavy atom. The van der Waals surface area contributed by atoms with Crippen molar-refractivity contribution in [2.24, 2.45) is 11.3 Å². The number of nitrogens with one attached hydrogen (secondary N) is 1. The molecule has 1 aliphatic carbocycles. The van der Waals surface area contributed by atoms with E-state index >= 15 is 0 Å². The summed E-state index contributed by atoms with van der Waals surface area (Å²) >= 11 is 0. The minimum Gasteiger partial charge on any atom is -0.444 e. The molecule has 116 valence electrons. The molecule has 1 unspecified atom stereocenters. The number of carbonyl (C=O) groups excluding carboxylic acids is 2. The SMILES string of the molecule is CC(C=O)(CNC(=O)OC(C)(C)C)CC1CCCCC1. The van der Waals surface area contributed by atoms with Gasteiger partial charge >= 0.3 is 6.09 Å². The minimum absolute atomic E-state index is 0.349. The molecule has 1 rings (SSSR count). The Morgan fingerprint density at radius 1 is 1.20 bits per heavy atom. The van der Waals surface area contributed by atoms with Crippen molar-refractivity contribution in [3.05, 3.63) is 0 Å². The van der Waals surface area contributed by atoms with Gasteiger partial charge in [-0.3, -0.25) is 0 Å². The van der Waals surface area contributed by atoms with Crippen LogP contribution in [0.2, 0.25) is 0 Å². The molecule has 0 spiro atoms. The summed E-state index contributed by atoms with van der Waals surface area (Å²) in [4.78, 5) is 23.1. The van der Waals surface area contributed by atoms with Gasteiger partial charge in [-0.05, 0) is 33.1 Å². The molecule has 1 fully saturated rings. The molecule has 0 bridgehead atoms. The number of rotatable bonds is 5. The maximum atomic E-state index is 11.7. The average molecular weight is 283 g/mol. The van der Waals surface area contributed by atoms with Crippen molar-refractivity contribution in [2.45, 2.75) is 71.8 Å². The Hall–Kier alpha value is -1.06. The van der Waals surface area contributed by atoms with Crippen molar-refractivity contribution < 1.29 is 14.3 Å². The van der Waals surface area contributed by atoms with Gasteiger partial charge in [-0.15, -0.1) is 0 Å². The number of ether oxygens (including phenoxy) is 1. The van der Waals surface area contributed by atoms with Gasteiger partial charge in [0.05, 0.1) is 0 Å². The van der Waals surface area contributed by atoms with Crippen LogP contribution in [0.3, 0.4) is 0 Å². The van der Waals surface area contributed by atoms with E-state index in [0.717, 1.165) is 12.7 Å². The van der Waals surface area contributed by atoms with Gasteiger partial charge in [0.15, 0.2) is 0 Å². The van der Waals surface area contributed by atoms with Gasteiger partial charge in [0.25, 0.3) is 0 Å². The zero-order valence-electron chi connectivity index (χ0n) is 13.3. The van der Waals surface area contributed by atoms with Gasteiger partial charge < -0.3 is 14.8 Å². The fourth-order valence-corrected chi connectivity index (χ4v) is 2.80. The van der Waals surface area contributed by atoms with Crippen LogP contribution in [-0.4, -0.2) is 24.5 Å². The van der Waals surface area contributed by atoms with Gasteiger partial charge in [0.1, 0.15) is 11.9 Å². The summed E-state index contributed by atoms with van der Waals surface area (Å²) in [6, 6.07) is 0. The molecule has 1 aliphatic rings. The van der Waals surface area contributed by atoms with Crippen LogP contribution in [0, 0.1) is 11.3 Å². The van der Waals surface area contributed by atoms with Crippen LogP contribution in [0.1, 0.15) is 66.2 Å². The highest BCUT2D eigenvalue weighted by molar-refractivity contribution is 5.69. The lowest BCUT2D eigenvalue weighted by Gasteiger charge is -2.31. The highest BCUT2D eigenvalue weighted by atomic mass is 16.6. The Morgan fingerprint density at radius 3 is 2.30 bits per heavy atom. The van der Waals surface area contributed by atoms with Crippen molar-refractivity contribution in [1.29, 1.82) is 0 Å². The number of carbonyl (C=O) groups is 2. The Labute approximate surface area is 122 Å². The molecule has 0 aliphatic heterocycles. The van der Waals surface area contributed by atoms with Crippen LogP contribution in [-0.2, 0) is 9.53 Å². The van der Waals surface area contributed by atoms with Crippen LogP contribution in [0.15, 0.2) is 0 Å². The highest BCUT2D eigenvalue weighted by Gasteiger charge is 2.30. The van der Waals surface area contributed by atoms with Gasteiger partial charge in [-0.1, -0.05) is 39.0 Å². The molecule has 4 heteroatoms. The molecule has 1 N–H and O–H groups in total. The maximum Gasteiger partial charge on any atom is 0.407 e. The van der Waals surface area contributed by atoms with E-state index < -0.39 is 17.1 Å². The zero-order valence-corrected chi connectivity index (χ0v) is 13.3. The van der Waals surface area contributed by atoms with Gasteiger partial charge in [-0.25, -0.2) is 4.79 Å². The van der Waals surface area contributed by atoms with E-state index in [-0.39, 0.29) is 0 Å². The number of aldehydes is 1. The summed E-state index contributed by atoms with van der Waals surface area (Å²) in [6.07, 6.45) is 7.63. The average Bonchev–Trinajstić information content (AvgIpc) is 2.36. The first-order valence-corrected chi connectivity index (χ1v) is 7.67. The van der Waals surface area contributed by atoms with E-state index in [4.69, 9.17) is 4.74 Å². The van der Waals surface area contributed by atoms with E-state index in [0.29, 0.717) is 12.5 Å². The Balaban J connectivity index is 2.43. The highest BCUT2D eigenvalue weighted by Crippen LogP contribution is 2.33. The third-order valence-corrected chi connectivity index (χ3v) is 3.80. The molecule has 1 atom stereocenters. The number of amides is 1. The summed E-state index contributed by atoms with van der Waals surface area (Å²) in [7, 11) is 0. The molecule has 0 saturated heterocycles. The molecule has 4 nitrogen and oxygen atoms in total. The number of alkyl carbamates (subject to hydrolysis) is 1. The standard InChI is InChI=1S/C16H29NO3/c1-15(2,3)20-14(19)17-11-16(4,12-18)10-13-8-6-5-7-9-13/h12-13H,5-11H2,1-4H3,(H,17,19). The first-order valence-electron chi connectivity index (χ1n) is 7.67. The molecular formula is C16H29NO3. The van der Waals surface area contributed by atoms with E-state index in [1.54, 1.807) is 0 Å². The van der Waals surface area contributed by atoms with Crippen molar-refractivity contribution in [2.75, 3.05) is 6.54 Å². The fourth-order valence-electron chi connectivity index (χ4n) is 2.80. The van der Waals surface area contributed by atoms with E-state index in [1.807, 2.05) is 27.7 Å². The van der Waals surface area contributed by atoms with Crippen LogP contribution in [0.5, 0.6) is 0 Å². The summed E-state index contributed by atoms with van der Waals surface area (Å²) in [6.45, 7) is 7.75. The second-order valence-electron chi connectivity index (χ2n) is 7.34. The van der Waals surface area contributed by atoms with E-state index in [1.165, 1.54) is 32.1 Å². The van der Waals surface area contributed by atoms with Gasteiger partial charge in [-0.2, -0.15) is 0 Å². The van der Waals surface area contributed by atoms with Crippen LogP contribution in [0.25, 0.3) is 0 Å². The lowest BCUT2D eigenvalue weighted by Crippen LogP contribution is -2.40. The summed E-state index contributed by atoms with van der Waals surface area (Å²) in [5, 5.41) is 2.73. The predicted octanol–water partition coefficient (Wildman–Crippen LogP) is 3.69. The first-order chi connectivity index (χ1) is 9.24. The van der Waals surface area contributed by atoms with Crippen molar-refractivity contribution in [3.63, 3.8) is 0 Å². The van der Waals surface area contributed by atoms with E-state index in [2.05, 4.69) is 5.32 Å². The summed E-state index contributed by atoms with van der Waals surface area (Å²) in [5.74, 6) is 0.611. The predicted molar refractivity (Wildman–Crippen MR) is 79.6 cm³/mol. The fraction of sp³-hybridized carbons (Fsp3) is 0.875. The van der Waals surface area contributed by atoms with Crippen molar-refractivity contribution in [3.8, 4) is 0 Å². The topological polar surface area (TPSA) is 55.4 Å². The second kappa shape index (κ2) is 7.09.